The lowest BCUT2D eigenvalue weighted by molar-refractivity contribution is -0.118. The van der Waals surface area contributed by atoms with Gasteiger partial charge in [-0.15, -0.1) is 10.2 Å². The number of pyridine rings is 1. The standard InChI is InChI=1S/C22H26N6O2S/c29-20(24-9-4-12-27-13-15-30-16-14-27)17-31-22-26-25-21(18-7-10-23-11-8-18)28(22)19-5-2-1-3-6-19/h1-3,5-8,10-11H,4,9,12-17H2,(H,24,29). The predicted molar refractivity (Wildman–Crippen MR) is 120 cm³/mol. The van der Waals surface area contributed by atoms with E-state index >= 15 is 0 Å². The van der Waals surface area contributed by atoms with E-state index in [4.69, 9.17) is 4.74 Å². The third kappa shape index (κ3) is 5.90. The number of nitrogens with zero attached hydrogens (tertiary/aromatic N) is 5. The van der Waals surface area contributed by atoms with E-state index in [1.165, 1.54) is 11.8 Å². The van der Waals surface area contributed by atoms with Crippen molar-refractivity contribution in [2.24, 2.45) is 0 Å². The van der Waals surface area contributed by atoms with Gasteiger partial charge < -0.3 is 10.1 Å². The van der Waals surface area contributed by atoms with Crippen LogP contribution in [0.4, 0.5) is 0 Å². The van der Waals surface area contributed by atoms with E-state index in [1.807, 2.05) is 47.0 Å². The second-order valence-corrected chi connectivity index (χ2v) is 8.10. The van der Waals surface area contributed by atoms with Gasteiger partial charge in [0.15, 0.2) is 11.0 Å². The van der Waals surface area contributed by atoms with Gasteiger partial charge in [0.2, 0.25) is 5.91 Å². The van der Waals surface area contributed by atoms with Crippen molar-refractivity contribution in [2.45, 2.75) is 11.6 Å². The van der Waals surface area contributed by atoms with Crippen LogP contribution in [0, 0.1) is 0 Å². The van der Waals surface area contributed by atoms with E-state index < -0.39 is 0 Å². The zero-order valence-electron chi connectivity index (χ0n) is 17.3. The normalized spacial score (nSPS) is 14.5. The summed E-state index contributed by atoms with van der Waals surface area (Å²) in [6.45, 7) is 5.19. The van der Waals surface area contributed by atoms with Gasteiger partial charge in [-0.3, -0.25) is 19.2 Å². The van der Waals surface area contributed by atoms with Crippen LogP contribution in [-0.4, -0.2) is 75.7 Å². The molecular weight excluding hydrogens is 412 g/mol. The van der Waals surface area contributed by atoms with E-state index in [0.717, 1.165) is 56.3 Å². The summed E-state index contributed by atoms with van der Waals surface area (Å²) in [4.78, 5) is 18.8. The molecule has 1 fully saturated rings. The van der Waals surface area contributed by atoms with Crippen LogP contribution < -0.4 is 5.32 Å². The number of thioether (sulfide) groups is 1. The maximum Gasteiger partial charge on any atom is 0.230 e. The van der Waals surface area contributed by atoms with Gasteiger partial charge in [-0.05, 0) is 37.2 Å². The summed E-state index contributed by atoms with van der Waals surface area (Å²) in [6, 6.07) is 13.7. The molecule has 31 heavy (non-hydrogen) atoms. The zero-order chi connectivity index (χ0) is 21.3. The first kappa shape index (κ1) is 21.5. The Bertz CT molecular complexity index is 961. The molecule has 0 atom stereocenters. The lowest BCUT2D eigenvalue weighted by atomic mass is 10.2. The molecule has 8 nitrogen and oxygen atoms in total. The number of hydrogen-bond donors (Lipinski definition) is 1. The van der Waals surface area contributed by atoms with Crippen molar-refractivity contribution in [2.75, 3.05) is 45.1 Å². The van der Waals surface area contributed by atoms with Gasteiger partial charge in [-0.2, -0.15) is 0 Å². The van der Waals surface area contributed by atoms with Crippen LogP contribution in [0.2, 0.25) is 0 Å². The number of para-hydroxylation sites is 1. The minimum absolute atomic E-state index is 0.0000466. The summed E-state index contributed by atoms with van der Waals surface area (Å²) in [6.07, 6.45) is 4.40. The number of amides is 1. The molecule has 162 valence electrons. The second kappa shape index (κ2) is 11.0. The molecule has 2 aromatic heterocycles. The molecule has 3 aromatic rings. The minimum atomic E-state index is 0.0000466. The molecule has 0 unspecified atom stereocenters. The third-order valence-corrected chi connectivity index (χ3v) is 5.92. The number of aromatic nitrogens is 4. The predicted octanol–water partition coefficient (Wildman–Crippen LogP) is 2.26. The SMILES string of the molecule is O=C(CSc1nnc(-c2ccncc2)n1-c1ccccc1)NCCCN1CCOCC1. The summed E-state index contributed by atoms with van der Waals surface area (Å²) in [7, 11) is 0. The Balaban J connectivity index is 1.36. The van der Waals surface area contributed by atoms with Crippen molar-refractivity contribution < 1.29 is 9.53 Å². The first-order valence-electron chi connectivity index (χ1n) is 10.4. The lowest BCUT2D eigenvalue weighted by Gasteiger charge is -2.26. The smallest absolute Gasteiger partial charge is 0.230 e. The molecule has 4 rings (SSSR count). The Labute approximate surface area is 186 Å². The number of carbonyl (C=O) groups excluding carboxylic acids is 1. The molecule has 0 radical (unpaired) electrons. The van der Waals surface area contributed by atoms with Gasteiger partial charge in [0.1, 0.15) is 0 Å². The molecular formula is C22H26N6O2S. The second-order valence-electron chi connectivity index (χ2n) is 7.16. The average Bonchev–Trinajstić information content (AvgIpc) is 3.26. The molecule has 1 aromatic carbocycles. The average molecular weight is 439 g/mol. The summed E-state index contributed by atoms with van der Waals surface area (Å²) < 4.78 is 7.34. The lowest BCUT2D eigenvalue weighted by Crippen LogP contribution is -2.38. The highest BCUT2D eigenvalue weighted by molar-refractivity contribution is 7.99. The van der Waals surface area contributed by atoms with Crippen LogP contribution >= 0.6 is 11.8 Å². The van der Waals surface area contributed by atoms with Crippen molar-refractivity contribution in [3.8, 4) is 17.1 Å². The molecule has 0 spiro atoms. The van der Waals surface area contributed by atoms with Crippen LogP contribution in [0.3, 0.4) is 0 Å². The highest BCUT2D eigenvalue weighted by atomic mass is 32.2. The minimum Gasteiger partial charge on any atom is -0.379 e. The summed E-state index contributed by atoms with van der Waals surface area (Å²) in [5.74, 6) is 1.01. The maximum atomic E-state index is 12.4. The van der Waals surface area contributed by atoms with Crippen molar-refractivity contribution in [3.05, 3.63) is 54.9 Å². The van der Waals surface area contributed by atoms with Crippen LogP contribution in [0.5, 0.6) is 0 Å². The first-order valence-corrected chi connectivity index (χ1v) is 11.4. The van der Waals surface area contributed by atoms with E-state index in [9.17, 15) is 4.79 Å². The fourth-order valence-corrected chi connectivity index (χ4v) is 4.18. The molecule has 1 amide bonds. The Kier molecular flexibility index (Phi) is 7.65. The van der Waals surface area contributed by atoms with Crippen molar-refractivity contribution in [1.29, 1.82) is 0 Å². The van der Waals surface area contributed by atoms with Gasteiger partial charge in [-0.25, -0.2) is 0 Å². The molecule has 0 aliphatic carbocycles. The Hall–Kier alpha value is -2.75. The largest absolute Gasteiger partial charge is 0.379 e. The highest BCUT2D eigenvalue weighted by Gasteiger charge is 2.17. The monoisotopic (exact) mass is 438 g/mol. The zero-order valence-corrected chi connectivity index (χ0v) is 18.1. The van der Waals surface area contributed by atoms with Gasteiger partial charge >= 0.3 is 0 Å². The summed E-state index contributed by atoms with van der Waals surface area (Å²) in [5, 5.41) is 12.4. The number of rotatable bonds is 9. The number of morpholine rings is 1. The molecule has 9 heteroatoms. The van der Waals surface area contributed by atoms with Crippen LogP contribution in [0.1, 0.15) is 6.42 Å². The number of nitrogens with one attached hydrogen (secondary N) is 1. The Morgan fingerprint density at radius 1 is 1.06 bits per heavy atom. The van der Waals surface area contributed by atoms with Crippen LogP contribution in [-0.2, 0) is 9.53 Å². The van der Waals surface area contributed by atoms with Crippen molar-refractivity contribution >= 4 is 17.7 Å². The molecule has 0 bridgehead atoms. The number of carbonyl (C=O) groups is 1. The van der Waals surface area contributed by atoms with Gasteiger partial charge in [-0.1, -0.05) is 30.0 Å². The number of hydrogen-bond acceptors (Lipinski definition) is 7. The van der Waals surface area contributed by atoms with Gasteiger partial charge in [0, 0.05) is 43.3 Å². The molecule has 1 aliphatic rings. The Morgan fingerprint density at radius 2 is 1.84 bits per heavy atom. The van der Waals surface area contributed by atoms with Crippen LogP contribution in [0.25, 0.3) is 17.1 Å². The highest BCUT2D eigenvalue weighted by Crippen LogP contribution is 2.27. The van der Waals surface area contributed by atoms with E-state index in [2.05, 4.69) is 25.4 Å². The first-order chi connectivity index (χ1) is 15.3. The van der Waals surface area contributed by atoms with E-state index in [0.29, 0.717) is 17.5 Å². The number of ether oxygens (including phenoxy) is 1. The summed E-state index contributed by atoms with van der Waals surface area (Å²) >= 11 is 1.39. The topological polar surface area (TPSA) is 85.2 Å². The van der Waals surface area contributed by atoms with Crippen molar-refractivity contribution in [1.82, 2.24) is 30.0 Å². The Morgan fingerprint density at radius 3 is 2.61 bits per heavy atom. The fraction of sp³-hybridized carbons (Fsp3) is 0.364. The maximum absolute atomic E-state index is 12.4. The summed E-state index contributed by atoms with van der Waals surface area (Å²) in [5.41, 5.74) is 1.87. The van der Waals surface area contributed by atoms with E-state index in [-0.39, 0.29) is 5.91 Å². The van der Waals surface area contributed by atoms with Gasteiger partial charge in [0.25, 0.3) is 0 Å². The molecule has 1 saturated heterocycles. The fourth-order valence-electron chi connectivity index (χ4n) is 3.40. The van der Waals surface area contributed by atoms with E-state index in [1.54, 1.807) is 12.4 Å². The molecule has 0 saturated carbocycles. The molecule has 1 N–H and O–H groups in total. The molecule has 1 aliphatic heterocycles. The molecule has 3 heterocycles. The number of benzene rings is 1. The van der Waals surface area contributed by atoms with Gasteiger partial charge in [0.05, 0.1) is 19.0 Å². The third-order valence-electron chi connectivity index (χ3n) is 5.00. The quantitative estimate of drug-likeness (QED) is 0.405. The van der Waals surface area contributed by atoms with Crippen molar-refractivity contribution in [3.63, 3.8) is 0 Å². The van der Waals surface area contributed by atoms with Crippen LogP contribution in [0.15, 0.2) is 60.0 Å².